The first-order valence-corrected chi connectivity index (χ1v) is 6.89. The molecule has 0 aromatic carbocycles. The minimum Gasteiger partial charge on any atom is -0.389 e. The number of amides is 1. The molecular formula is C14H23N3O3. The van der Waals surface area contributed by atoms with Gasteiger partial charge in [-0.05, 0) is 27.7 Å². The summed E-state index contributed by atoms with van der Waals surface area (Å²) in [5, 5.41) is 16.9. The monoisotopic (exact) mass is 281 g/mol. The molecule has 2 heterocycles. The molecule has 0 bridgehead atoms. The summed E-state index contributed by atoms with van der Waals surface area (Å²) in [7, 11) is 1.67. The van der Waals surface area contributed by atoms with Crippen molar-refractivity contribution in [1.29, 1.82) is 0 Å². The fourth-order valence-corrected chi connectivity index (χ4v) is 2.68. The normalized spacial score (nSPS) is 22.5. The van der Waals surface area contributed by atoms with Crippen LogP contribution in [0.5, 0.6) is 0 Å². The van der Waals surface area contributed by atoms with E-state index < -0.39 is 5.60 Å². The Morgan fingerprint density at radius 3 is 2.80 bits per heavy atom. The van der Waals surface area contributed by atoms with Gasteiger partial charge in [-0.1, -0.05) is 0 Å². The lowest BCUT2D eigenvalue weighted by Crippen LogP contribution is -2.40. The second-order valence-corrected chi connectivity index (χ2v) is 6.23. The third kappa shape index (κ3) is 3.02. The lowest BCUT2D eigenvalue weighted by molar-refractivity contribution is -0.00709. The van der Waals surface area contributed by atoms with Crippen LogP contribution >= 0.6 is 0 Å². The molecule has 0 saturated carbocycles. The van der Waals surface area contributed by atoms with Gasteiger partial charge in [-0.3, -0.25) is 9.89 Å². The number of aliphatic hydroxyl groups is 1. The van der Waals surface area contributed by atoms with Crippen LogP contribution in [0, 0.1) is 0 Å². The second-order valence-electron chi connectivity index (χ2n) is 6.23. The van der Waals surface area contributed by atoms with Gasteiger partial charge in [0.05, 0.1) is 23.5 Å². The predicted molar refractivity (Wildman–Crippen MR) is 74.5 cm³/mol. The first kappa shape index (κ1) is 15.0. The third-order valence-corrected chi connectivity index (χ3v) is 3.41. The molecular weight excluding hydrogens is 258 g/mol. The van der Waals surface area contributed by atoms with Crippen LogP contribution in [-0.4, -0.2) is 51.4 Å². The fourth-order valence-electron chi connectivity index (χ4n) is 2.68. The van der Waals surface area contributed by atoms with Crippen molar-refractivity contribution in [2.45, 2.75) is 51.9 Å². The Bertz CT molecular complexity index is 504. The maximum Gasteiger partial charge on any atom is 0.274 e. The van der Waals surface area contributed by atoms with Crippen molar-refractivity contribution in [3.8, 4) is 0 Å². The van der Waals surface area contributed by atoms with Gasteiger partial charge in [-0.25, -0.2) is 0 Å². The van der Waals surface area contributed by atoms with Crippen LogP contribution in [0.1, 0.15) is 55.5 Å². The molecule has 2 atom stereocenters. The number of nitrogens with one attached hydrogen (secondary N) is 1. The summed E-state index contributed by atoms with van der Waals surface area (Å²) in [4.78, 5) is 14.0. The van der Waals surface area contributed by atoms with Gasteiger partial charge in [0.2, 0.25) is 0 Å². The highest BCUT2D eigenvalue weighted by atomic mass is 16.5. The van der Waals surface area contributed by atoms with E-state index in [-0.39, 0.29) is 24.7 Å². The number of aromatic amines is 1. The molecule has 1 amide bonds. The highest BCUT2D eigenvalue weighted by Gasteiger charge is 2.31. The van der Waals surface area contributed by atoms with E-state index in [1.807, 2.05) is 13.8 Å². The summed E-state index contributed by atoms with van der Waals surface area (Å²) in [6, 6.07) is 0. The van der Waals surface area contributed by atoms with Crippen molar-refractivity contribution in [2.75, 3.05) is 13.6 Å². The largest absolute Gasteiger partial charge is 0.389 e. The van der Waals surface area contributed by atoms with E-state index in [0.717, 1.165) is 11.3 Å². The van der Waals surface area contributed by atoms with Gasteiger partial charge in [-0.15, -0.1) is 0 Å². The number of hydrogen-bond donors (Lipinski definition) is 2. The first-order chi connectivity index (χ1) is 9.19. The van der Waals surface area contributed by atoms with Crippen LogP contribution in [0.3, 0.4) is 0 Å². The van der Waals surface area contributed by atoms with E-state index in [1.165, 1.54) is 4.90 Å². The quantitative estimate of drug-likeness (QED) is 0.874. The molecule has 20 heavy (non-hydrogen) atoms. The number of nitrogens with zero attached hydrogens (tertiary/aromatic N) is 2. The van der Waals surface area contributed by atoms with Crippen LogP contribution in [0.15, 0.2) is 0 Å². The van der Waals surface area contributed by atoms with Gasteiger partial charge in [0.25, 0.3) is 5.91 Å². The molecule has 1 aromatic heterocycles. The smallest absolute Gasteiger partial charge is 0.274 e. The van der Waals surface area contributed by atoms with E-state index in [9.17, 15) is 9.90 Å². The molecule has 0 radical (unpaired) electrons. The fraction of sp³-hybridized carbons (Fsp3) is 0.714. The average Bonchev–Trinajstić information content (AvgIpc) is 2.69. The summed E-state index contributed by atoms with van der Waals surface area (Å²) in [5.74, 6) is -0.175. The van der Waals surface area contributed by atoms with Crippen molar-refractivity contribution in [2.24, 2.45) is 0 Å². The second kappa shape index (κ2) is 5.18. The van der Waals surface area contributed by atoms with E-state index in [1.54, 1.807) is 20.9 Å². The Hall–Kier alpha value is -1.40. The topological polar surface area (TPSA) is 78.5 Å². The van der Waals surface area contributed by atoms with Crippen LogP contribution in [-0.2, 0) is 11.2 Å². The van der Waals surface area contributed by atoms with Crippen LogP contribution in [0.25, 0.3) is 0 Å². The van der Waals surface area contributed by atoms with E-state index in [0.29, 0.717) is 12.1 Å². The summed E-state index contributed by atoms with van der Waals surface area (Å²) in [5.41, 5.74) is 1.32. The first-order valence-electron chi connectivity index (χ1n) is 6.89. The van der Waals surface area contributed by atoms with Crippen molar-refractivity contribution < 1.29 is 14.6 Å². The van der Waals surface area contributed by atoms with Crippen molar-refractivity contribution >= 4 is 5.91 Å². The van der Waals surface area contributed by atoms with Crippen molar-refractivity contribution in [1.82, 2.24) is 15.1 Å². The van der Waals surface area contributed by atoms with E-state index in [4.69, 9.17) is 4.74 Å². The van der Waals surface area contributed by atoms with Crippen LogP contribution in [0.2, 0.25) is 0 Å². The maximum atomic E-state index is 12.5. The number of carbonyl (C=O) groups excluding carboxylic acids is 1. The van der Waals surface area contributed by atoms with E-state index in [2.05, 4.69) is 10.2 Å². The third-order valence-electron chi connectivity index (χ3n) is 3.41. The molecule has 2 N–H and O–H groups in total. The molecule has 0 saturated heterocycles. The minimum atomic E-state index is -0.926. The molecule has 6 heteroatoms. The summed E-state index contributed by atoms with van der Waals surface area (Å²) in [6.45, 7) is 7.54. The molecule has 0 aliphatic carbocycles. The van der Waals surface area contributed by atoms with Gasteiger partial charge in [0.1, 0.15) is 0 Å². The molecule has 6 nitrogen and oxygen atoms in total. The number of ether oxygens (including phenoxy) is 1. The van der Waals surface area contributed by atoms with Gasteiger partial charge in [0.15, 0.2) is 5.69 Å². The lowest BCUT2D eigenvalue weighted by Gasteiger charge is -2.27. The number of rotatable bonds is 3. The van der Waals surface area contributed by atoms with Crippen LogP contribution < -0.4 is 0 Å². The van der Waals surface area contributed by atoms with Crippen molar-refractivity contribution in [3.05, 3.63) is 17.0 Å². The average molecular weight is 281 g/mol. The Kier molecular flexibility index (Phi) is 3.88. The Balaban J connectivity index is 2.24. The summed E-state index contributed by atoms with van der Waals surface area (Å²) < 4.78 is 5.71. The van der Waals surface area contributed by atoms with E-state index >= 15 is 0 Å². The molecule has 0 unspecified atom stereocenters. The SMILES string of the molecule is C[C@@H]1Cc2c(C(=O)N(C)CC(C)(C)O)n[nH]c2[C@H](C)O1. The van der Waals surface area contributed by atoms with Gasteiger partial charge < -0.3 is 14.7 Å². The molecule has 1 aliphatic rings. The molecule has 2 rings (SSSR count). The summed E-state index contributed by atoms with van der Waals surface area (Å²) in [6.07, 6.45) is 0.664. The highest BCUT2D eigenvalue weighted by molar-refractivity contribution is 5.94. The molecule has 112 valence electrons. The standard InChI is InChI=1S/C14H23N3O3/c1-8-6-10-11(9(2)20-8)15-16-12(10)13(18)17(5)7-14(3,4)19/h8-9,19H,6-7H2,1-5H3,(H,15,16)/t8-,9+/m1/s1. The molecule has 1 aromatic rings. The van der Waals surface area contributed by atoms with Crippen molar-refractivity contribution in [3.63, 3.8) is 0 Å². The number of likely N-dealkylation sites (N-methyl/N-ethyl adjacent to an activating group) is 1. The number of carbonyl (C=O) groups is 1. The zero-order chi connectivity index (χ0) is 15.1. The summed E-state index contributed by atoms with van der Waals surface area (Å²) >= 11 is 0. The highest BCUT2D eigenvalue weighted by Crippen LogP contribution is 2.30. The zero-order valence-electron chi connectivity index (χ0n) is 12.7. The molecule has 0 fully saturated rings. The van der Waals surface area contributed by atoms with Gasteiger partial charge >= 0.3 is 0 Å². The Morgan fingerprint density at radius 1 is 1.55 bits per heavy atom. The van der Waals surface area contributed by atoms with Crippen LogP contribution in [0.4, 0.5) is 0 Å². The number of hydrogen-bond acceptors (Lipinski definition) is 4. The number of fused-ring (bicyclic) bond motifs is 1. The molecule has 0 spiro atoms. The number of aromatic nitrogens is 2. The lowest BCUT2D eigenvalue weighted by atomic mass is 9.99. The maximum absolute atomic E-state index is 12.5. The molecule has 1 aliphatic heterocycles. The Labute approximate surface area is 119 Å². The predicted octanol–water partition coefficient (Wildman–Crippen LogP) is 1.27. The Morgan fingerprint density at radius 2 is 2.20 bits per heavy atom. The zero-order valence-corrected chi connectivity index (χ0v) is 12.7. The van der Waals surface area contributed by atoms with Gasteiger partial charge in [0, 0.05) is 25.6 Å². The number of H-pyrrole nitrogens is 1. The minimum absolute atomic E-state index is 0.0706. The van der Waals surface area contributed by atoms with Gasteiger partial charge in [-0.2, -0.15) is 5.10 Å².